The first-order valence-electron chi connectivity index (χ1n) is 7.38. The Bertz CT molecular complexity index is 253. The second-order valence-corrected chi connectivity index (χ2v) is 5.44. The molecule has 19 heavy (non-hydrogen) atoms. The lowest BCUT2D eigenvalue weighted by molar-refractivity contribution is -0.138. The second-order valence-electron chi connectivity index (χ2n) is 5.44. The van der Waals surface area contributed by atoms with Gasteiger partial charge in [-0.1, -0.05) is 6.92 Å². The van der Waals surface area contributed by atoms with Gasteiger partial charge in [0, 0.05) is 19.6 Å². The summed E-state index contributed by atoms with van der Waals surface area (Å²) in [7, 11) is 4.06. The number of carbonyl (C=O) groups is 1. The Morgan fingerprint density at radius 2 is 1.89 bits per heavy atom. The van der Waals surface area contributed by atoms with Crippen LogP contribution in [0.1, 0.15) is 26.2 Å². The topological polar surface area (TPSA) is 44.8 Å². The highest BCUT2D eigenvalue weighted by molar-refractivity contribution is 5.77. The van der Waals surface area contributed by atoms with Gasteiger partial charge in [0.2, 0.25) is 5.91 Å². The van der Waals surface area contributed by atoms with E-state index in [1.54, 1.807) is 0 Å². The SMILES string of the molecule is CCCN(CCN(C)C)C(=O)COC1CCNCC1. The number of hydrogen-bond acceptors (Lipinski definition) is 4. The number of nitrogens with one attached hydrogen (secondary N) is 1. The van der Waals surface area contributed by atoms with Crippen LogP contribution in [0.5, 0.6) is 0 Å². The van der Waals surface area contributed by atoms with E-state index in [4.69, 9.17) is 4.74 Å². The smallest absolute Gasteiger partial charge is 0.248 e. The molecule has 1 heterocycles. The van der Waals surface area contributed by atoms with Crippen LogP contribution >= 0.6 is 0 Å². The van der Waals surface area contributed by atoms with Gasteiger partial charge in [0.15, 0.2) is 0 Å². The predicted molar refractivity (Wildman–Crippen MR) is 77.3 cm³/mol. The molecule has 0 spiro atoms. The maximum atomic E-state index is 12.2. The lowest BCUT2D eigenvalue weighted by atomic mass is 10.1. The minimum Gasteiger partial charge on any atom is -0.368 e. The van der Waals surface area contributed by atoms with E-state index in [-0.39, 0.29) is 18.6 Å². The fourth-order valence-electron chi connectivity index (χ4n) is 2.19. The molecule has 1 aliphatic heterocycles. The molecular formula is C14H29N3O2. The van der Waals surface area contributed by atoms with Gasteiger partial charge in [0.1, 0.15) is 6.61 Å². The maximum Gasteiger partial charge on any atom is 0.248 e. The van der Waals surface area contributed by atoms with E-state index < -0.39 is 0 Å². The third-order valence-electron chi connectivity index (χ3n) is 3.39. The van der Waals surface area contributed by atoms with Gasteiger partial charge in [-0.3, -0.25) is 4.79 Å². The molecule has 112 valence electrons. The number of hydrogen-bond donors (Lipinski definition) is 1. The first-order chi connectivity index (χ1) is 9.13. The van der Waals surface area contributed by atoms with Crippen molar-refractivity contribution < 1.29 is 9.53 Å². The molecule has 0 atom stereocenters. The average molecular weight is 271 g/mol. The van der Waals surface area contributed by atoms with Gasteiger partial charge >= 0.3 is 0 Å². The highest BCUT2D eigenvalue weighted by atomic mass is 16.5. The first kappa shape index (κ1) is 16.4. The maximum absolute atomic E-state index is 12.2. The third kappa shape index (κ3) is 6.89. The van der Waals surface area contributed by atoms with Crippen LogP contribution in [0.15, 0.2) is 0 Å². The van der Waals surface area contributed by atoms with Gasteiger partial charge in [0.25, 0.3) is 0 Å². The molecule has 0 radical (unpaired) electrons. The first-order valence-corrected chi connectivity index (χ1v) is 7.38. The molecule has 0 aromatic heterocycles. The summed E-state index contributed by atoms with van der Waals surface area (Å²) in [4.78, 5) is 16.2. The zero-order valence-electron chi connectivity index (χ0n) is 12.7. The highest BCUT2D eigenvalue weighted by Gasteiger charge is 2.17. The highest BCUT2D eigenvalue weighted by Crippen LogP contribution is 2.07. The van der Waals surface area contributed by atoms with Crippen LogP contribution in [0.2, 0.25) is 0 Å². The van der Waals surface area contributed by atoms with Crippen LogP contribution in [0, 0.1) is 0 Å². The fraction of sp³-hybridized carbons (Fsp3) is 0.929. The quantitative estimate of drug-likeness (QED) is 0.700. The standard InChI is InChI=1S/C14H29N3O2/c1-4-9-17(11-10-16(2)3)14(18)12-19-13-5-7-15-8-6-13/h13,15H,4-12H2,1-3H3. The van der Waals surface area contributed by atoms with Crippen molar-refractivity contribution in [3.63, 3.8) is 0 Å². The molecule has 5 nitrogen and oxygen atoms in total. The molecule has 1 aliphatic rings. The van der Waals surface area contributed by atoms with E-state index in [2.05, 4.69) is 17.1 Å². The van der Waals surface area contributed by atoms with Crippen LogP contribution in [-0.2, 0) is 9.53 Å². The largest absolute Gasteiger partial charge is 0.368 e. The molecule has 0 aromatic rings. The summed E-state index contributed by atoms with van der Waals surface area (Å²) >= 11 is 0. The predicted octanol–water partition coefficient (Wildman–Crippen LogP) is 0.555. The minimum atomic E-state index is 0.127. The number of piperidine rings is 1. The number of nitrogens with zero attached hydrogens (tertiary/aromatic N) is 2. The molecule has 1 N–H and O–H groups in total. The number of amides is 1. The molecular weight excluding hydrogens is 242 g/mol. The number of ether oxygens (including phenoxy) is 1. The van der Waals surface area contributed by atoms with Crippen LogP contribution in [-0.4, -0.2) is 75.2 Å². The zero-order valence-corrected chi connectivity index (χ0v) is 12.7. The van der Waals surface area contributed by atoms with E-state index in [0.717, 1.165) is 52.0 Å². The van der Waals surface area contributed by atoms with Crippen LogP contribution in [0.3, 0.4) is 0 Å². The minimum absolute atomic E-state index is 0.127. The molecule has 1 rings (SSSR count). The van der Waals surface area contributed by atoms with Gasteiger partial charge in [-0.15, -0.1) is 0 Å². The van der Waals surface area contributed by atoms with E-state index in [1.165, 1.54) is 0 Å². The average Bonchev–Trinajstić information content (AvgIpc) is 2.41. The molecule has 0 aliphatic carbocycles. The summed E-state index contributed by atoms with van der Waals surface area (Å²) in [6, 6.07) is 0. The number of rotatable bonds is 8. The normalized spacial score (nSPS) is 16.8. The Morgan fingerprint density at radius 1 is 1.21 bits per heavy atom. The molecule has 0 bridgehead atoms. The van der Waals surface area contributed by atoms with E-state index in [0.29, 0.717) is 0 Å². The monoisotopic (exact) mass is 271 g/mol. The van der Waals surface area contributed by atoms with Gasteiger partial charge in [0.05, 0.1) is 6.10 Å². The van der Waals surface area contributed by atoms with Crippen molar-refractivity contribution >= 4 is 5.91 Å². The summed E-state index contributed by atoms with van der Waals surface area (Å²) in [6.45, 7) is 6.84. The Kier molecular flexibility index (Phi) is 8.02. The molecule has 0 aromatic carbocycles. The summed E-state index contributed by atoms with van der Waals surface area (Å²) in [5, 5.41) is 3.30. The molecule has 1 fully saturated rings. The van der Waals surface area contributed by atoms with Crippen molar-refractivity contribution in [1.29, 1.82) is 0 Å². The van der Waals surface area contributed by atoms with Crippen molar-refractivity contribution in [2.24, 2.45) is 0 Å². The van der Waals surface area contributed by atoms with Crippen molar-refractivity contribution in [2.45, 2.75) is 32.3 Å². The molecule has 5 heteroatoms. The number of carbonyl (C=O) groups excluding carboxylic acids is 1. The molecule has 1 saturated heterocycles. The van der Waals surface area contributed by atoms with Crippen molar-refractivity contribution in [2.75, 3.05) is 53.4 Å². The van der Waals surface area contributed by atoms with Crippen LogP contribution in [0.25, 0.3) is 0 Å². The van der Waals surface area contributed by atoms with Gasteiger partial charge in [-0.05, 0) is 46.4 Å². The van der Waals surface area contributed by atoms with Crippen LogP contribution in [0.4, 0.5) is 0 Å². The molecule has 0 unspecified atom stereocenters. The molecule has 0 saturated carbocycles. The fourth-order valence-corrected chi connectivity index (χ4v) is 2.19. The Hall–Kier alpha value is -0.650. The van der Waals surface area contributed by atoms with E-state index in [9.17, 15) is 4.79 Å². The van der Waals surface area contributed by atoms with Gasteiger partial charge in [-0.2, -0.15) is 0 Å². The summed E-state index contributed by atoms with van der Waals surface area (Å²) in [6.07, 6.45) is 3.27. The Balaban J connectivity index is 2.29. The van der Waals surface area contributed by atoms with Crippen molar-refractivity contribution in [3.05, 3.63) is 0 Å². The summed E-state index contributed by atoms with van der Waals surface area (Å²) in [5.41, 5.74) is 0. The summed E-state index contributed by atoms with van der Waals surface area (Å²) < 4.78 is 5.73. The molecule has 1 amide bonds. The van der Waals surface area contributed by atoms with Gasteiger partial charge in [-0.25, -0.2) is 0 Å². The van der Waals surface area contributed by atoms with Gasteiger partial charge < -0.3 is 19.9 Å². The Morgan fingerprint density at radius 3 is 2.47 bits per heavy atom. The van der Waals surface area contributed by atoms with Crippen molar-refractivity contribution in [3.8, 4) is 0 Å². The van der Waals surface area contributed by atoms with E-state index in [1.807, 2.05) is 19.0 Å². The van der Waals surface area contributed by atoms with Crippen molar-refractivity contribution in [1.82, 2.24) is 15.1 Å². The lowest BCUT2D eigenvalue weighted by Crippen LogP contribution is -2.41. The summed E-state index contributed by atoms with van der Waals surface area (Å²) in [5.74, 6) is 0.127. The van der Waals surface area contributed by atoms with E-state index >= 15 is 0 Å². The van der Waals surface area contributed by atoms with Crippen LogP contribution < -0.4 is 5.32 Å². The second kappa shape index (κ2) is 9.28. The lowest BCUT2D eigenvalue weighted by Gasteiger charge is -2.26. The Labute approximate surface area is 117 Å². The number of likely N-dealkylation sites (N-methyl/N-ethyl adjacent to an activating group) is 1. The third-order valence-corrected chi connectivity index (χ3v) is 3.39. The zero-order chi connectivity index (χ0) is 14.1.